The maximum Gasteiger partial charge on any atom is 0.339 e. The topological polar surface area (TPSA) is 77.5 Å². The number of carbonyl (C=O) groups is 2. The van der Waals surface area contributed by atoms with E-state index < -0.39 is 18.5 Å². The SMILES string of the molecule is CCCc1nc2ccccc2c(C(=O)OCC(=O)Nc2ccccc2Oc2ccccc2)c1CC. The minimum absolute atomic E-state index is 0.415. The molecule has 0 radical (unpaired) electrons. The first-order valence-electron chi connectivity index (χ1n) is 11.8. The number of ether oxygens (including phenoxy) is 2. The lowest BCUT2D eigenvalue weighted by Gasteiger charge is -2.16. The lowest BCUT2D eigenvalue weighted by Crippen LogP contribution is -2.22. The average Bonchev–Trinajstić information content (AvgIpc) is 2.88. The first-order chi connectivity index (χ1) is 17.1. The van der Waals surface area contributed by atoms with E-state index in [4.69, 9.17) is 14.5 Å². The molecule has 0 saturated carbocycles. The van der Waals surface area contributed by atoms with Gasteiger partial charge < -0.3 is 14.8 Å². The lowest BCUT2D eigenvalue weighted by molar-refractivity contribution is -0.119. The van der Waals surface area contributed by atoms with Gasteiger partial charge in [-0.2, -0.15) is 0 Å². The Bertz CT molecular complexity index is 1340. The number of nitrogens with zero attached hydrogens (tertiary/aromatic N) is 1. The van der Waals surface area contributed by atoms with Crippen molar-refractivity contribution in [2.75, 3.05) is 11.9 Å². The van der Waals surface area contributed by atoms with Crippen LogP contribution in [0.5, 0.6) is 11.5 Å². The Balaban J connectivity index is 1.51. The highest BCUT2D eigenvalue weighted by Crippen LogP contribution is 2.29. The van der Waals surface area contributed by atoms with Crippen LogP contribution in [-0.4, -0.2) is 23.5 Å². The van der Waals surface area contributed by atoms with Crippen LogP contribution in [0.4, 0.5) is 5.69 Å². The van der Waals surface area contributed by atoms with E-state index in [0.717, 1.165) is 35.0 Å². The summed E-state index contributed by atoms with van der Waals surface area (Å²) in [6.07, 6.45) is 2.33. The molecule has 0 saturated heterocycles. The second-order valence-corrected chi connectivity index (χ2v) is 8.07. The van der Waals surface area contributed by atoms with E-state index in [0.29, 0.717) is 29.2 Å². The van der Waals surface area contributed by atoms with Crippen molar-refractivity contribution in [2.24, 2.45) is 0 Å². The number of aryl methyl sites for hydroxylation is 1. The Hall–Kier alpha value is -4.19. The molecular formula is C29H28N2O4. The van der Waals surface area contributed by atoms with E-state index in [9.17, 15) is 9.59 Å². The van der Waals surface area contributed by atoms with E-state index in [1.165, 1.54) is 0 Å². The standard InChI is InChI=1S/C29H28N2O4/c1-3-12-23-21(4-2)28(22-15-8-9-16-24(22)30-23)29(33)34-19-27(32)31-25-17-10-11-18-26(25)35-20-13-6-5-7-14-20/h5-11,13-18H,3-4,12,19H2,1-2H3,(H,31,32). The second kappa shape index (κ2) is 11.3. The van der Waals surface area contributed by atoms with E-state index in [-0.39, 0.29) is 0 Å². The van der Waals surface area contributed by atoms with Crippen molar-refractivity contribution >= 4 is 28.5 Å². The summed E-state index contributed by atoms with van der Waals surface area (Å²) in [6, 6.07) is 23.9. The van der Waals surface area contributed by atoms with Crippen LogP contribution in [0.25, 0.3) is 10.9 Å². The summed E-state index contributed by atoms with van der Waals surface area (Å²) in [4.78, 5) is 30.7. The minimum Gasteiger partial charge on any atom is -0.455 e. The number of anilines is 1. The molecule has 1 N–H and O–H groups in total. The summed E-state index contributed by atoms with van der Waals surface area (Å²) in [7, 11) is 0. The molecule has 4 aromatic rings. The van der Waals surface area contributed by atoms with E-state index in [1.807, 2.05) is 67.6 Å². The normalized spacial score (nSPS) is 10.7. The first kappa shape index (κ1) is 24.0. The number of fused-ring (bicyclic) bond motifs is 1. The van der Waals surface area contributed by atoms with E-state index >= 15 is 0 Å². The number of hydrogen-bond acceptors (Lipinski definition) is 5. The number of amides is 1. The minimum atomic E-state index is -0.526. The van der Waals surface area contributed by atoms with Crippen molar-refractivity contribution in [3.8, 4) is 11.5 Å². The zero-order chi connectivity index (χ0) is 24.6. The maximum absolute atomic E-state index is 13.2. The predicted octanol–water partition coefficient (Wildman–Crippen LogP) is 6.34. The number of rotatable bonds is 9. The third-order valence-electron chi connectivity index (χ3n) is 5.59. The molecule has 0 fully saturated rings. The third kappa shape index (κ3) is 5.66. The van der Waals surface area contributed by atoms with Gasteiger partial charge in [0.15, 0.2) is 12.4 Å². The number of pyridine rings is 1. The van der Waals surface area contributed by atoms with Crippen molar-refractivity contribution in [3.05, 3.63) is 95.7 Å². The van der Waals surface area contributed by atoms with Crippen LogP contribution in [0.1, 0.15) is 41.9 Å². The summed E-state index contributed by atoms with van der Waals surface area (Å²) in [6.45, 7) is 3.66. The van der Waals surface area contributed by atoms with Crippen molar-refractivity contribution in [2.45, 2.75) is 33.1 Å². The Morgan fingerprint density at radius 1 is 0.886 bits per heavy atom. The zero-order valence-corrected chi connectivity index (χ0v) is 19.9. The molecule has 4 rings (SSSR count). The molecule has 1 aromatic heterocycles. The Labute approximate surface area is 204 Å². The Kier molecular flexibility index (Phi) is 7.73. The fourth-order valence-corrected chi connectivity index (χ4v) is 4.02. The molecule has 0 aliphatic heterocycles. The number of benzene rings is 3. The summed E-state index contributed by atoms with van der Waals surface area (Å²) < 4.78 is 11.4. The van der Waals surface area contributed by atoms with Crippen molar-refractivity contribution in [1.29, 1.82) is 0 Å². The van der Waals surface area contributed by atoms with Gasteiger partial charge in [0.2, 0.25) is 0 Å². The van der Waals surface area contributed by atoms with Crippen LogP contribution in [0.3, 0.4) is 0 Å². The fraction of sp³-hybridized carbons (Fsp3) is 0.207. The van der Waals surface area contributed by atoms with Gasteiger partial charge in [-0.15, -0.1) is 0 Å². The Morgan fingerprint density at radius 3 is 2.37 bits per heavy atom. The summed E-state index contributed by atoms with van der Waals surface area (Å²) in [5.74, 6) is 0.172. The highest BCUT2D eigenvalue weighted by atomic mass is 16.5. The lowest BCUT2D eigenvalue weighted by atomic mass is 9.96. The zero-order valence-electron chi connectivity index (χ0n) is 19.9. The van der Waals surface area contributed by atoms with Gasteiger partial charge >= 0.3 is 5.97 Å². The molecule has 0 spiro atoms. The van der Waals surface area contributed by atoms with Gasteiger partial charge in [-0.25, -0.2) is 4.79 Å². The van der Waals surface area contributed by atoms with Crippen LogP contribution >= 0.6 is 0 Å². The molecule has 0 bridgehead atoms. The monoisotopic (exact) mass is 468 g/mol. The molecule has 3 aromatic carbocycles. The Morgan fingerprint density at radius 2 is 1.60 bits per heavy atom. The van der Waals surface area contributed by atoms with Gasteiger partial charge in [0.05, 0.1) is 16.8 Å². The van der Waals surface area contributed by atoms with Gasteiger partial charge in [0.1, 0.15) is 5.75 Å². The average molecular weight is 469 g/mol. The van der Waals surface area contributed by atoms with E-state index in [1.54, 1.807) is 18.2 Å². The first-order valence-corrected chi connectivity index (χ1v) is 11.8. The molecule has 0 aliphatic carbocycles. The van der Waals surface area contributed by atoms with Gasteiger partial charge in [-0.05, 0) is 48.7 Å². The smallest absolute Gasteiger partial charge is 0.339 e. The van der Waals surface area contributed by atoms with E-state index in [2.05, 4.69) is 12.2 Å². The highest BCUT2D eigenvalue weighted by molar-refractivity contribution is 6.06. The number of nitrogens with one attached hydrogen (secondary N) is 1. The van der Waals surface area contributed by atoms with Gasteiger partial charge in [0.25, 0.3) is 5.91 Å². The highest BCUT2D eigenvalue weighted by Gasteiger charge is 2.21. The van der Waals surface area contributed by atoms with Crippen molar-refractivity contribution in [1.82, 2.24) is 4.98 Å². The molecule has 1 heterocycles. The van der Waals surface area contributed by atoms with Crippen molar-refractivity contribution in [3.63, 3.8) is 0 Å². The number of carbonyl (C=O) groups excluding carboxylic acids is 2. The van der Waals surface area contributed by atoms with Crippen molar-refractivity contribution < 1.29 is 19.1 Å². The van der Waals surface area contributed by atoms with Crippen LogP contribution in [0.15, 0.2) is 78.9 Å². The summed E-state index contributed by atoms with van der Waals surface area (Å²) in [5, 5.41) is 3.51. The molecule has 0 aliphatic rings. The molecule has 1 amide bonds. The fourth-order valence-electron chi connectivity index (χ4n) is 4.02. The van der Waals surface area contributed by atoms with Gasteiger partial charge in [-0.3, -0.25) is 9.78 Å². The van der Waals surface area contributed by atoms with Crippen LogP contribution in [0.2, 0.25) is 0 Å². The van der Waals surface area contributed by atoms with Gasteiger partial charge in [0, 0.05) is 11.1 Å². The molecule has 0 unspecified atom stereocenters. The van der Waals surface area contributed by atoms with Crippen LogP contribution in [-0.2, 0) is 22.4 Å². The van der Waals surface area contributed by atoms with Gasteiger partial charge in [-0.1, -0.05) is 68.8 Å². The van der Waals surface area contributed by atoms with Crippen LogP contribution < -0.4 is 10.1 Å². The predicted molar refractivity (Wildman–Crippen MR) is 137 cm³/mol. The molecule has 0 atom stereocenters. The summed E-state index contributed by atoms with van der Waals surface area (Å²) >= 11 is 0. The quantitative estimate of drug-likeness (QED) is 0.290. The van der Waals surface area contributed by atoms with Crippen LogP contribution in [0, 0.1) is 0 Å². The third-order valence-corrected chi connectivity index (χ3v) is 5.59. The number of esters is 1. The molecule has 6 nitrogen and oxygen atoms in total. The molecule has 178 valence electrons. The maximum atomic E-state index is 13.2. The molecular weight excluding hydrogens is 440 g/mol. The number of aromatic nitrogens is 1. The second-order valence-electron chi connectivity index (χ2n) is 8.07. The number of hydrogen-bond donors (Lipinski definition) is 1. The molecule has 6 heteroatoms. The molecule has 35 heavy (non-hydrogen) atoms. The summed E-state index contributed by atoms with van der Waals surface area (Å²) in [5.41, 5.74) is 3.50. The largest absolute Gasteiger partial charge is 0.455 e. The number of para-hydroxylation sites is 4.